The van der Waals surface area contributed by atoms with Crippen LogP contribution in [0.4, 0.5) is 0 Å². The minimum absolute atomic E-state index is 0.296. The van der Waals surface area contributed by atoms with Crippen molar-refractivity contribution in [1.82, 2.24) is 0 Å². The molecule has 0 aliphatic rings. The van der Waals surface area contributed by atoms with Gasteiger partial charge in [0.2, 0.25) is 5.91 Å². The first-order valence-corrected chi connectivity index (χ1v) is 6.26. The maximum Gasteiger partial charge on any atom is 0.248 e. The van der Waals surface area contributed by atoms with Gasteiger partial charge in [-0.3, -0.25) is 4.79 Å². The van der Waals surface area contributed by atoms with Crippen LogP contribution in [0.15, 0.2) is 24.3 Å². The normalized spacial score (nSPS) is 13.4. The Bertz CT molecular complexity index is 396. The van der Waals surface area contributed by atoms with E-state index in [4.69, 9.17) is 5.73 Å². The lowest BCUT2D eigenvalue weighted by Crippen LogP contribution is -2.18. The zero-order chi connectivity index (χ0) is 13.1. The third-order valence-corrected chi connectivity index (χ3v) is 3.57. The Labute approximate surface area is 104 Å². The van der Waals surface area contributed by atoms with E-state index in [1.54, 1.807) is 0 Å². The van der Waals surface area contributed by atoms with Crippen molar-refractivity contribution in [3.05, 3.63) is 35.4 Å². The third kappa shape index (κ3) is 3.58. The zero-order valence-corrected chi connectivity index (χ0v) is 11.3. The van der Waals surface area contributed by atoms with Gasteiger partial charge in [-0.15, -0.1) is 0 Å². The minimum Gasteiger partial charge on any atom is -0.366 e. The van der Waals surface area contributed by atoms with E-state index in [9.17, 15) is 4.79 Å². The molecule has 2 N–H and O–H groups in total. The molecule has 2 nitrogen and oxygen atoms in total. The molecular formula is C15H23NO. The van der Waals surface area contributed by atoms with E-state index >= 15 is 0 Å². The number of primary amides is 1. The molecule has 0 fully saturated rings. The van der Waals surface area contributed by atoms with Gasteiger partial charge in [0.05, 0.1) is 0 Å². The SMILES string of the molecule is CCC(C)(C)CC(C)c1ccccc1C(N)=O. The summed E-state index contributed by atoms with van der Waals surface area (Å²) >= 11 is 0. The number of amides is 1. The molecule has 0 heterocycles. The fourth-order valence-corrected chi connectivity index (χ4v) is 2.23. The average Bonchev–Trinajstić information content (AvgIpc) is 2.28. The third-order valence-electron chi connectivity index (χ3n) is 3.57. The van der Waals surface area contributed by atoms with E-state index < -0.39 is 0 Å². The van der Waals surface area contributed by atoms with Crippen molar-refractivity contribution in [3.8, 4) is 0 Å². The summed E-state index contributed by atoms with van der Waals surface area (Å²) in [5.41, 5.74) is 7.44. The molecule has 0 aliphatic carbocycles. The Hall–Kier alpha value is -1.31. The van der Waals surface area contributed by atoms with E-state index in [2.05, 4.69) is 27.7 Å². The van der Waals surface area contributed by atoms with Crippen LogP contribution in [0.2, 0.25) is 0 Å². The molecule has 0 spiro atoms. The van der Waals surface area contributed by atoms with Gasteiger partial charge in [0.15, 0.2) is 0 Å². The van der Waals surface area contributed by atoms with Gasteiger partial charge >= 0.3 is 0 Å². The van der Waals surface area contributed by atoms with Gasteiger partial charge in [0.25, 0.3) is 0 Å². The molecular weight excluding hydrogens is 210 g/mol. The van der Waals surface area contributed by atoms with Crippen LogP contribution in [0.5, 0.6) is 0 Å². The Kier molecular flexibility index (Phi) is 4.33. The van der Waals surface area contributed by atoms with Gasteiger partial charge in [-0.05, 0) is 29.4 Å². The second-order valence-electron chi connectivity index (χ2n) is 5.57. The first-order valence-electron chi connectivity index (χ1n) is 6.26. The molecule has 2 heteroatoms. The molecule has 1 atom stereocenters. The highest BCUT2D eigenvalue weighted by atomic mass is 16.1. The van der Waals surface area contributed by atoms with Crippen LogP contribution < -0.4 is 5.73 Å². The van der Waals surface area contributed by atoms with Crippen LogP contribution in [-0.4, -0.2) is 5.91 Å². The molecule has 1 unspecified atom stereocenters. The highest BCUT2D eigenvalue weighted by molar-refractivity contribution is 5.94. The molecule has 0 saturated heterocycles. The number of hydrogen-bond acceptors (Lipinski definition) is 1. The highest BCUT2D eigenvalue weighted by Crippen LogP contribution is 2.34. The largest absolute Gasteiger partial charge is 0.366 e. The van der Waals surface area contributed by atoms with Crippen LogP contribution in [0, 0.1) is 5.41 Å². The number of rotatable bonds is 5. The molecule has 0 aliphatic heterocycles. The number of carbonyl (C=O) groups excluding carboxylic acids is 1. The summed E-state index contributed by atoms with van der Waals surface area (Å²) in [4.78, 5) is 11.4. The van der Waals surface area contributed by atoms with E-state index in [-0.39, 0.29) is 5.91 Å². The van der Waals surface area contributed by atoms with Crippen LogP contribution >= 0.6 is 0 Å². The second kappa shape index (κ2) is 5.35. The molecule has 0 radical (unpaired) electrons. The first-order chi connectivity index (χ1) is 7.87. The lowest BCUT2D eigenvalue weighted by atomic mass is 9.78. The predicted octanol–water partition coefficient (Wildman–Crippen LogP) is 3.72. The van der Waals surface area contributed by atoms with Crippen molar-refractivity contribution >= 4 is 5.91 Å². The van der Waals surface area contributed by atoms with Gasteiger partial charge in [0, 0.05) is 5.56 Å². The minimum atomic E-state index is -0.332. The van der Waals surface area contributed by atoms with Crippen molar-refractivity contribution in [1.29, 1.82) is 0 Å². The van der Waals surface area contributed by atoms with Crippen molar-refractivity contribution in [2.45, 2.75) is 46.5 Å². The second-order valence-corrected chi connectivity index (χ2v) is 5.57. The molecule has 1 amide bonds. The Balaban J connectivity index is 2.96. The number of nitrogens with two attached hydrogens (primary N) is 1. The first kappa shape index (κ1) is 13.8. The van der Waals surface area contributed by atoms with Crippen LogP contribution in [0.1, 0.15) is 62.4 Å². The van der Waals surface area contributed by atoms with Crippen LogP contribution in [0.3, 0.4) is 0 Å². The maximum atomic E-state index is 11.4. The number of benzene rings is 1. The topological polar surface area (TPSA) is 43.1 Å². The molecule has 17 heavy (non-hydrogen) atoms. The fourth-order valence-electron chi connectivity index (χ4n) is 2.23. The fraction of sp³-hybridized carbons (Fsp3) is 0.533. The van der Waals surface area contributed by atoms with Crippen LogP contribution in [-0.2, 0) is 0 Å². The summed E-state index contributed by atoms with van der Waals surface area (Å²) in [6.07, 6.45) is 2.20. The Morgan fingerprint density at radius 1 is 1.35 bits per heavy atom. The summed E-state index contributed by atoms with van der Waals surface area (Å²) in [5, 5.41) is 0. The smallest absolute Gasteiger partial charge is 0.248 e. The monoisotopic (exact) mass is 233 g/mol. The van der Waals surface area contributed by atoms with Crippen molar-refractivity contribution in [3.63, 3.8) is 0 Å². The molecule has 0 aromatic heterocycles. The summed E-state index contributed by atoms with van der Waals surface area (Å²) in [6.45, 7) is 8.89. The van der Waals surface area contributed by atoms with E-state index in [1.165, 1.54) is 0 Å². The summed E-state index contributed by atoms with van der Waals surface area (Å²) < 4.78 is 0. The van der Waals surface area contributed by atoms with Gasteiger partial charge in [-0.2, -0.15) is 0 Å². The van der Waals surface area contributed by atoms with Gasteiger partial charge in [-0.1, -0.05) is 52.3 Å². The molecule has 1 aromatic carbocycles. The molecule has 0 saturated carbocycles. The lowest BCUT2D eigenvalue weighted by Gasteiger charge is -2.27. The van der Waals surface area contributed by atoms with Gasteiger partial charge in [-0.25, -0.2) is 0 Å². The van der Waals surface area contributed by atoms with E-state index in [1.807, 2.05) is 24.3 Å². The average molecular weight is 233 g/mol. The predicted molar refractivity (Wildman–Crippen MR) is 72.1 cm³/mol. The number of hydrogen-bond donors (Lipinski definition) is 1. The number of carbonyl (C=O) groups is 1. The standard InChI is InChI=1S/C15H23NO/c1-5-15(3,4)10-11(2)12-8-6-7-9-13(12)14(16)17/h6-9,11H,5,10H2,1-4H3,(H2,16,17). The molecule has 1 rings (SSSR count). The summed E-state index contributed by atoms with van der Waals surface area (Å²) in [5.74, 6) is 0.0235. The van der Waals surface area contributed by atoms with Crippen molar-refractivity contribution in [2.24, 2.45) is 11.1 Å². The maximum absolute atomic E-state index is 11.4. The molecule has 0 bridgehead atoms. The van der Waals surface area contributed by atoms with E-state index in [0.717, 1.165) is 18.4 Å². The van der Waals surface area contributed by atoms with E-state index in [0.29, 0.717) is 16.9 Å². The quantitative estimate of drug-likeness (QED) is 0.827. The summed E-state index contributed by atoms with van der Waals surface area (Å²) in [7, 11) is 0. The zero-order valence-electron chi connectivity index (χ0n) is 11.3. The molecule has 1 aromatic rings. The lowest BCUT2D eigenvalue weighted by molar-refractivity contribution is 0.0998. The van der Waals surface area contributed by atoms with Gasteiger partial charge in [0.1, 0.15) is 0 Å². The summed E-state index contributed by atoms with van der Waals surface area (Å²) in [6, 6.07) is 7.65. The molecule has 94 valence electrons. The van der Waals surface area contributed by atoms with Crippen molar-refractivity contribution < 1.29 is 4.79 Å². The van der Waals surface area contributed by atoms with Crippen LogP contribution in [0.25, 0.3) is 0 Å². The Morgan fingerprint density at radius 2 is 1.94 bits per heavy atom. The van der Waals surface area contributed by atoms with Crippen molar-refractivity contribution in [2.75, 3.05) is 0 Å². The Morgan fingerprint density at radius 3 is 2.47 bits per heavy atom. The van der Waals surface area contributed by atoms with Gasteiger partial charge < -0.3 is 5.73 Å². The highest BCUT2D eigenvalue weighted by Gasteiger charge is 2.22.